The molecule has 4 rings (SSSR count). The molecule has 8 heteroatoms. The number of aliphatic hydroxyl groups excluding tert-OH is 1. The Labute approximate surface area is 184 Å². The van der Waals surface area contributed by atoms with Gasteiger partial charge in [-0.3, -0.25) is 4.98 Å². The molecule has 1 saturated heterocycles. The first kappa shape index (κ1) is 20.2. The summed E-state index contributed by atoms with van der Waals surface area (Å²) >= 11 is 13.1. The third-order valence-corrected chi connectivity index (χ3v) is 6.21. The summed E-state index contributed by atoms with van der Waals surface area (Å²) in [6.07, 6.45) is 2.40. The molecule has 2 aromatic heterocycles. The first-order valence-electron chi connectivity index (χ1n) is 9.28. The second kappa shape index (κ2) is 9.17. The van der Waals surface area contributed by atoms with Crippen molar-refractivity contribution < 1.29 is 9.52 Å². The maximum atomic E-state index is 9.30. The number of aliphatic hydroxyl groups is 1. The van der Waals surface area contributed by atoms with E-state index in [1.807, 2.05) is 54.6 Å². The van der Waals surface area contributed by atoms with Crippen LogP contribution in [0.15, 0.2) is 75.2 Å². The Morgan fingerprint density at radius 2 is 2.00 bits per heavy atom. The molecule has 2 atom stereocenters. The van der Waals surface area contributed by atoms with Crippen LogP contribution in [0.5, 0.6) is 0 Å². The highest BCUT2D eigenvalue weighted by Gasteiger charge is 2.41. The number of hydrogen-bond donors (Lipinski definition) is 2. The summed E-state index contributed by atoms with van der Waals surface area (Å²) in [4.78, 5) is 7.63. The summed E-state index contributed by atoms with van der Waals surface area (Å²) in [6.45, 7) is 0.743. The number of nitrogens with zero attached hydrogens (tertiary/aromatic N) is 2. The third-order valence-electron chi connectivity index (χ3n) is 4.68. The van der Waals surface area contributed by atoms with Crippen LogP contribution in [0.1, 0.15) is 30.0 Å². The molecule has 0 unspecified atom stereocenters. The van der Waals surface area contributed by atoms with Gasteiger partial charge in [0, 0.05) is 29.3 Å². The molecule has 1 aromatic carbocycles. The minimum Gasteiger partial charge on any atom is -0.452 e. The molecular weight excluding hydrogens is 426 g/mol. The number of nitrogens with one attached hydrogen (secondary N) is 1. The summed E-state index contributed by atoms with van der Waals surface area (Å²) in [7, 11) is 0. The highest BCUT2D eigenvalue weighted by atomic mass is 35.5. The van der Waals surface area contributed by atoms with E-state index in [1.54, 1.807) is 18.0 Å². The minimum atomic E-state index is -0.136. The number of thiocarbonyl (C=S) groups is 1. The Bertz CT molecular complexity index is 966. The van der Waals surface area contributed by atoms with E-state index in [4.69, 9.17) is 28.2 Å². The van der Waals surface area contributed by atoms with Gasteiger partial charge in [0.05, 0.1) is 11.7 Å². The number of halogens is 1. The van der Waals surface area contributed by atoms with Crippen LogP contribution in [0.25, 0.3) is 0 Å². The number of hydrogen-bond acceptors (Lipinski definition) is 5. The topological polar surface area (TPSA) is 61.5 Å². The van der Waals surface area contributed by atoms with Crippen molar-refractivity contribution in [3.05, 3.63) is 77.3 Å². The van der Waals surface area contributed by atoms with Crippen LogP contribution < -0.4 is 5.32 Å². The van der Waals surface area contributed by atoms with Gasteiger partial charge in [0.15, 0.2) is 10.2 Å². The molecule has 1 aliphatic heterocycles. The molecule has 2 N–H and O–H groups in total. The normalized spacial score (nSPS) is 18.8. The highest BCUT2D eigenvalue weighted by Crippen LogP contribution is 2.41. The van der Waals surface area contributed by atoms with Crippen LogP contribution in [-0.2, 0) is 0 Å². The lowest BCUT2D eigenvalue weighted by Gasteiger charge is -2.25. The number of pyridine rings is 1. The second-order valence-electron chi connectivity index (χ2n) is 6.61. The molecule has 0 spiro atoms. The van der Waals surface area contributed by atoms with Crippen molar-refractivity contribution in [1.82, 2.24) is 15.2 Å². The first-order valence-corrected chi connectivity index (χ1v) is 10.9. The number of aromatic nitrogens is 1. The molecule has 0 radical (unpaired) electrons. The Kier molecular flexibility index (Phi) is 6.40. The minimum absolute atomic E-state index is 0.107. The highest BCUT2D eigenvalue weighted by molar-refractivity contribution is 7.99. The molecule has 1 aliphatic rings. The van der Waals surface area contributed by atoms with Gasteiger partial charge in [-0.25, -0.2) is 0 Å². The monoisotopic (exact) mass is 445 g/mol. The molecule has 5 nitrogen and oxygen atoms in total. The van der Waals surface area contributed by atoms with E-state index < -0.39 is 0 Å². The molecule has 3 aromatic rings. The zero-order valence-electron chi connectivity index (χ0n) is 15.5. The number of benzene rings is 1. The summed E-state index contributed by atoms with van der Waals surface area (Å²) < 4.78 is 6.21. The molecule has 0 amide bonds. The Balaban J connectivity index is 1.62. The predicted molar refractivity (Wildman–Crippen MR) is 118 cm³/mol. The smallest absolute Gasteiger partial charge is 0.170 e. The third kappa shape index (κ3) is 4.59. The molecule has 29 heavy (non-hydrogen) atoms. The van der Waals surface area contributed by atoms with Crippen LogP contribution in [-0.4, -0.2) is 33.3 Å². The van der Waals surface area contributed by atoms with Gasteiger partial charge in [0.2, 0.25) is 0 Å². The second-order valence-corrected chi connectivity index (χ2v) is 8.51. The first-order chi connectivity index (χ1) is 14.2. The average Bonchev–Trinajstić information content (AvgIpc) is 3.32. The summed E-state index contributed by atoms with van der Waals surface area (Å²) in [5.41, 5.74) is 0.898. The summed E-state index contributed by atoms with van der Waals surface area (Å²) in [6, 6.07) is 17.2. The quantitative estimate of drug-likeness (QED) is 0.505. The average molecular weight is 446 g/mol. The fourth-order valence-electron chi connectivity index (χ4n) is 3.36. The summed E-state index contributed by atoms with van der Waals surface area (Å²) in [5.74, 6) is 0.808. The van der Waals surface area contributed by atoms with E-state index in [1.165, 1.54) is 0 Å². The maximum Gasteiger partial charge on any atom is 0.170 e. The van der Waals surface area contributed by atoms with Crippen LogP contribution in [0, 0.1) is 0 Å². The van der Waals surface area contributed by atoms with Gasteiger partial charge >= 0.3 is 0 Å². The van der Waals surface area contributed by atoms with Crippen molar-refractivity contribution in [3.8, 4) is 0 Å². The zero-order valence-corrected chi connectivity index (χ0v) is 17.9. The number of furan rings is 1. The zero-order chi connectivity index (χ0) is 20.2. The molecule has 0 aliphatic carbocycles. The van der Waals surface area contributed by atoms with E-state index in [9.17, 15) is 5.11 Å². The Hall–Kier alpha value is -2.06. The lowest BCUT2D eigenvalue weighted by atomic mass is 10.0. The standard InChI is InChI=1S/C21H20ClN3O2S2/c22-14-5-7-15(8-6-14)29-18-10-9-17(27-18)20-19(16-4-1-2-11-23-16)24-21(28)25(20)12-3-13-26/h1-2,4-11,19-20,26H,3,12-13H2,(H,24,28)/t19-,20+/m0/s1. The van der Waals surface area contributed by atoms with Crippen molar-refractivity contribution >= 4 is 40.7 Å². The Morgan fingerprint density at radius 1 is 1.17 bits per heavy atom. The SMILES string of the molecule is OCCCN1C(=S)N[C@@H](c2ccccn2)[C@H]1c1ccc(Sc2ccc(Cl)cc2)o1. The van der Waals surface area contributed by atoms with E-state index in [0.29, 0.717) is 23.1 Å². The van der Waals surface area contributed by atoms with Crippen molar-refractivity contribution in [2.45, 2.75) is 28.5 Å². The van der Waals surface area contributed by atoms with Gasteiger partial charge in [0.1, 0.15) is 11.8 Å². The van der Waals surface area contributed by atoms with Crippen molar-refractivity contribution in [3.63, 3.8) is 0 Å². The van der Waals surface area contributed by atoms with E-state index in [0.717, 1.165) is 21.4 Å². The fraction of sp³-hybridized carbons (Fsp3) is 0.238. The van der Waals surface area contributed by atoms with Gasteiger partial charge in [-0.05, 0) is 67.2 Å². The fourth-order valence-corrected chi connectivity index (χ4v) is 4.60. The molecule has 150 valence electrons. The molecule has 0 saturated carbocycles. The van der Waals surface area contributed by atoms with Crippen LogP contribution in [0.4, 0.5) is 0 Å². The Morgan fingerprint density at radius 3 is 2.72 bits per heavy atom. The molecule has 0 bridgehead atoms. The van der Waals surface area contributed by atoms with Crippen LogP contribution in [0.3, 0.4) is 0 Å². The van der Waals surface area contributed by atoms with Gasteiger partial charge in [0.25, 0.3) is 0 Å². The van der Waals surface area contributed by atoms with E-state index in [-0.39, 0.29) is 18.7 Å². The van der Waals surface area contributed by atoms with Gasteiger partial charge < -0.3 is 19.7 Å². The lowest BCUT2D eigenvalue weighted by Crippen LogP contribution is -2.30. The van der Waals surface area contributed by atoms with Gasteiger partial charge in [-0.15, -0.1) is 0 Å². The van der Waals surface area contributed by atoms with E-state index >= 15 is 0 Å². The van der Waals surface area contributed by atoms with Crippen molar-refractivity contribution in [2.75, 3.05) is 13.2 Å². The largest absolute Gasteiger partial charge is 0.452 e. The predicted octanol–water partition coefficient (Wildman–Crippen LogP) is 4.83. The van der Waals surface area contributed by atoms with Crippen LogP contribution >= 0.6 is 35.6 Å². The van der Waals surface area contributed by atoms with Crippen molar-refractivity contribution in [2.24, 2.45) is 0 Å². The van der Waals surface area contributed by atoms with E-state index in [2.05, 4.69) is 15.2 Å². The van der Waals surface area contributed by atoms with Gasteiger partial charge in [-0.1, -0.05) is 29.4 Å². The molecular formula is C21H20ClN3O2S2. The lowest BCUT2D eigenvalue weighted by molar-refractivity contribution is 0.226. The number of rotatable bonds is 7. The van der Waals surface area contributed by atoms with Crippen molar-refractivity contribution in [1.29, 1.82) is 0 Å². The summed E-state index contributed by atoms with van der Waals surface area (Å²) in [5, 5.41) is 14.8. The van der Waals surface area contributed by atoms with Gasteiger partial charge in [-0.2, -0.15) is 0 Å². The van der Waals surface area contributed by atoms with Crippen LogP contribution in [0.2, 0.25) is 5.02 Å². The maximum absolute atomic E-state index is 9.30. The molecule has 1 fully saturated rings. The molecule has 3 heterocycles.